The summed E-state index contributed by atoms with van der Waals surface area (Å²) in [4.78, 5) is 0. The van der Waals surface area contributed by atoms with Gasteiger partial charge in [-0.3, -0.25) is 0 Å². The molecule has 0 atom stereocenters. The zero-order valence-electron chi connectivity index (χ0n) is 2.94. The lowest BCUT2D eigenvalue weighted by atomic mass is 10.5. The third-order valence-electron chi connectivity index (χ3n) is 0.586. The monoisotopic (exact) mass is 91.0 g/mol. The second kappa shape index (κ2) is 3.44. The van der Waals surface area contributed by atoms with E-state index < -0.39 is 0 Å². The van der Waals surface area contributed by atoms with E-state index >= 15 is 0 Å². The number of allylic oxidation sites excluding steroid dienone is 4. The maximum absolute atomic E-state index is 2.99. The van der Waals surface area contributed by atoms with Gasteiger partial charge < -0.3 is 0 Å². The van der Waals surface area contributed by atoms with Crippen molar-refractivity contribution in [3.05, 3.63) is 24.3 Å². The Morgan fingerprint density at radius 3 is 2.50 bits per heavy atom. The van der Waals surface area contributed by atoms with Crippen molar-refractivity contribution < 1.29 is 0 Å². The smallest absolute Gasteiger partial charge is 0.0801 e. The molecule has 0 aromatic heterocycles. The van der Waals surface area contributed by atoms with Crippen molar-refractivity contribution in [1.82, 2.24) is 0 Å². The van der Waals surface area contributed by atoms with Crippen LogP contribution in [-0.2, 0) is 0 Å². The Hall–Kier alpha value is 0.246. The number of rotatable bonds is 0. The van der Waals surface area contributed by atoms with Crippen LogP contribution in [-0.4, -0.2) is 23.1 Å². The van der Waals surface area contributed by atoms with Crippen LogP contribution >= 0.6 is 0 Å². The molecule has 0 spiro atoms. The molecule has 6 heavy (non-hydrogen) atoms. The summed E-state index contributed by atoms with van der Waals surface area (Å²) in [6.45, 7) is 0. The fourth-order valence-corrected chi connectivity index (χ4v) is 0.340. The summed E-state index contributed by atoms with van der Waals surface area (Å²) in [5, 5.41) is 0. The van der Waals surface area contributed by atoms with Crippen LogP contribution in [0.5, 0.6) is 0 Å². The highest BCUT2D eigenvalue weighted by Gasteiger charge is 1.73. The molecule has 1 aliphatic rings. The summed E-state index contributed by atoms with van der Waals surface area (Å²) in [7, 11) is 0. The van der Waals surface area contributed by atoms with Crippen molar-refractivity contribution in [2.75, 3.05) is 0 Å². The quantitative estimate of drug-likeness (QED) is 0.378. The fraction of sp³-hybridized carbons (Fsp3) is 0.200. The van der Waals surface area contributed by atoms with E-state index in [0.717, 1.165) is 6.42 Å². The Bertz CT molecular complexity index is 62.0. The molecule has 0 aliphatic heterocycles. The lowest BCUT2D eigenvalue weighted by Crippen LogP contribution is -1.39. The van der Waals surface area contributed by atoms with Gasteiger partial charge in [-0.2, -0.15) is 0 Å². The number of hydrogen-bond donors (Lipinski definition) is 0. The van der Waals surface area contributed by atoms with Crippen LogP contribution in [0.2, 0.25) is 0 Å². The normalized spacial score (nSPS) is 14.7. The first kappa shape index (κ1) is 6.25. The fourth-order valence-electron chi connectivity index (χ4n) is 0.340. The summed E-state index contributed by atoms with van der Waals surface area (Å²) in [6.07, 6.45) is 10.0. The second-order valence-corrected chi connectivity index (χ2v) is 1.00. The zero-order valence-corrected chi connectivity index (χ0v) is 2.94. The summed E-state index contributed by atoms with van der Waals surface area (Å²) < 4.78 is 0. The van der Waals surface area contributed by atoms with Gasteiger partial charge in [-0.1, -0.05) is 18.2 Å². The average Bonchev–Trinajstić information content (AvgIpc) is 1.76. The molecule has 0 saturated heterocycles. The Kier molecular flexibility index (Phi) is 3.58. The third kappa shape index (κ3) is 1.63. The minimum absolute atomic E-state index is 0. The Balaban J connectivity index is 0.000000250. The molecule has 0 nitrogen and oxygen atoms in total. The Morgan fingerprint density at radius 1 is 1.50 bits per heavy atom. The summed E-state index contributed by atoms with van der Waals surface area (Å²) in [5.41, 5.74) is 0. The van der Waals surface area contributed by atoms with E-state index in [9.17, 15) is 0 Å². The Morgan fingerprint density at radius 2 is 2.33 bits per heavy atom. The summed E-state index contributed by atoms with van der Waals surface area (Å²) in [6, 6.07) is 0. The molecule has 0 aromatic rings. The lowest BCUT2D eigenvalue weighted by molar-refractivity contribution is 1.40. The molecule has 0 saturated carbocycles. The van der Waals surface area contributed by atoms with Gasteiger partial charge >= 0.3 is 23.1 Å². The van der Waals surface area contributed by atoms with Crippen LogP contribution < -0.4 is 0 Å². The largest absolute Gasteiger partial charge is 0.316 e. The highest BCUT2D eigenvalue weighted by atomic mass is 24.3. The molecule has 0 unspecified atom stereocenters. The van der Waals surface area contributed by atoms with E-state index in [-0.39, 0.29) is 23.1 Å². The van der Waals surface area contributed by atoms with E-state index in [1.54, 1.807) is 0 Å². The van der Waals surface area contributed by atoms with Gasteiger partial charge in [0.15, 0.2) is 0 Å². The van der Waals surface area contributed by atoms with Gasteiger partial charge in [0.2, 0.25) is 0 Å². The van der Waals surface area contributed by atoms with Gasteiger partial charge in [-0.25, -0.2) is 0 Å². The minimum Gasteiger partial charge on any atom is -0.0801 e. The molecule has 0 bridgehead atoms. The molecule has 1 rings (SSSR count). The van der Waals surface area contributed by atoms with Crippen molar-refractivity contribution >= 4 is 23.1 Å². The molecule has 1 radical (unpaired) electrons. The molecule has 1 aliphatic carbocycles. The van der Waals surface area contributed by atoms with Gasteiger partial charge in [-0.05, 0) is 12.5 Å². The SMILES string of the molecule is [C]1=CC=CC1.[MgH2]. The predicted molar refractivity (Wildman–Crippen MR) is 30.1 cm³/mol. The summed E-state index contributed by atoms with van der Waals surface area (Å²) in [5.74, 6) is 0. The molecule has 0 fully saturated rings. The molecular weight excluding hydrogens is 84.4 g/mol. The first-order valence-electron chi connectivity index (χ1n) is 1.72. The summed E-state index contributed by atoms with van der Waals surface area (Å²) >= 11 is 0. The second-order valence-electron chi connectivity index (χ2n) is 1.00. The topological polar surface area (TPSA) is 0 Å². The highest BCUT2D eigenvalue weighted by molar-refractivity contribution is 5.75. The van der Waals surface area contributed by atoms with Gasteiger partial charge in [0, 0.05) is 0 Å². The van der Waals surface area contributed by atoms with E-state index in [1.165, 1.54) is 0 Å². The van der Waals surface area contributed by atoms with Gasteiger partial charge in [0.25, 0.3) is 0 Å². The molecule has 0 amide bonds. The maximum atomic E-state index is 2.99. The van der Waals surface area contributed by atoms with Crippen molar-refractivity contribution in [3.63, 3.8) is 0 Å². The molecule has 0 N–H and O–H groups in total. The molecule has 1 heteroatoms. The van der Waals surface area contributed by atoms with Gasteiger partial charge in [0.05, 0.1) is 0 Å². The van der Waals surface area contributed by atoms with Crippen LogP contribution in [0.1, 0.15) is 6.42 Å². The van der Waals surface area contributed by atoms with Crippen LogP contribution in [0.3, 0.4) is 0 Å². The number of hydrogen-bond acceptors (Lipinski definition) is 0. The van der Waals surface area contributed by atoms with E-state index in [2.05, 4.69) is 12.2 Å². The van der Waals surface area contributed by atoms with Crippen LogP contribution in [0.25, 0.3) is 0 Å². The average molecular weight is 91.4 g/mol. The Labute approximate surface area is 54.1 Å². The predicted octanol–water partition coefficient (Wildman–Crippen LogP) is 0.389. The van der Waals surface area contributed by atoms with Gasteiger partial charge in [0.1, 0.15) is 0 Å². The van der Waals surface area contributed by atoms with Crippen LogP contribution in [0.15, 0.2) is 18.2 Å². The molecular formula is C5H7Mg. The van der Waals surface area contributed by atoms with Crippen molar-refractivity contribution in [2.45, 2.75) is 6.42 Å². The van der Waals surface area contributed by atoms with Crippen molar-refractivity contribution in [3.8, 4) is 0 Å². The van der Waals surface area contributed by atoms with Crippen molar-refractivity contribution in [1.29, 1.82) is 0 Å². The first-order chi connectivity index (χ1) is 2.50. The standard InChI is InChI=1S/C5H5.Mg.2H/c1-2-4-5-3-1;;;/h1-3H,4H2;;;. The molecule has 29 valence electrons. The van der Waals surface area contributed by atoms with Crippen LogP contribution in [0, 0.1) is 6.08 Å². The molecule has 0 aromatic carbocycles. The first-order valence-corrected chi connectivity index (χ1v) is 1.72. The van der Waals surface area contributed by atoms with E-state index in [0.29, 0.717) is 0 Å². The lowest BCUT2D eigenvalue weighted by Gasteiger charge is -1.55. The van der Waals surface area contributed by atoms with Crippen molar-refractivity contribution in [2.24, 2.45) is 0 Å². The molecule has 0 heterocycles. The van der Waals surface area contributed by atoms with E-state index in [1.807, 2.05) is 12.2 Å². The van der Waals surface area contributed by atoms with E-state index in [4.69, 9.17) is 0 Å². The van der Waals surface area contributed by atoms with Crippen LogP contribution in [0.4, 0.5) is 0 Å². The highest BCUT2D eigenvalue weighted by Crippen LogP contribution is 1.91. The minimum atomic E-state index is 0. The third-order valence-corrected chi connectivity index (χ3v) is 0.586. The zero-order chi connectivity index (χ0) is 3.54. The maximum Gasteiger partial charge on any atom is 0.316 e. The van der Waals surface area contributed by atoms with Gasteiger partial charge in [-0.15, -0.1) is 0 Å².